The van der Waals surface area contributed by atoms with Gasteiger partial charge < -0.3 is 9.15 Å². The van der Waals surface area contributed by atoms with Crippen LogP contribution in [0.15, 0.2) is 33.9 Å². The first-order valence-electron chi connectivity index (χ1n) is 8.70. The Labute approximate surface area is 147 Å². The van der Waals surface area contributed by atoms with Crippen molar-refractivity contribution < 1.29 is 13.9 Å². The minimum absolute atomic E-state index is 0.0467. The van der Waals surface area contributed by atoms with E-state index < -0.39 is 0 Å². The van der Waals surface area contributed by atoms with Gasteiger partial charge in [0.05, 0.1) is 0 Å². The molecule has 1 aromatic carbocycles. The van der Waals surface area contributed by atoms with Gasteiger partial charge in [-0.05, 0) is 42.7 Å². The maximum atomic E-state index is 12.3. The maximum absolute atomic E-state index is 12.3. The van der Waals surface area contributed by atoms with Crippen molar-refractivity contribution in [2.45, 2.75) is 51.4 Å². The third kappa shape index (κ3) is 4.12. The summed E-state index contributed by atoms with van der Waals surface area (Å²) >= 11 is 1.30. The van der Waals surface area contributed by atoms with E-state index in [0.29, 0.717) is 23.0 Å². The number of carbonyl (C=O) groups is 1. The molecular formula is C19H25NO3S. The normalized spacial score (nSPS) is 24.4. The highest BCUT2D eigenvalue weighted by atomic mass is 32.2. The number of oxazole rings is 1. The molecule has 130 valence electrons. The first-order valence-corrected chi connectivity index (χ1v) is 9.69. The number of fused-ring (bicyclic) bond motifs is 1. The molecular weight excluding hydrogens is 322 g/mol. The summed E-state index contributed by atoms with van der Waals surface area (Å²) in [4.78, 5) is 16.6. The number of carbonyl (C=O) groups excluding carboxylic acids is 1. The van der Waals surface area contributed by atoms with Crippen molar-refractivity contribution >= 4 is 28.8 Å². The molecule has 2 aromatic rings. The number of hydrogen-bond donors (Lipinski definition) is 0. The Hall–Kier alpha value is -1.49. The monoisotopic (exact) mass is 347 g/mol. The predicted octanol–water partition coefficient (Wildman–Crippen LogP) is 4.92. The summed E-state index contributed by atoms with van der Waals surface area (Å²) in [6.45, 7) is 6.67. The van der Waals surface area contributed by atoms with Crippen LogP contribution in [0, 0.1) is 17.8 Å². The van der Waals surface area contributed by atoms with Crippen molar-refractivity contribution in [1.29, 1.82) is 0 Å². The van der Waals surface area contributed by atoms with E-state index in [2.05, 4.69) is 25.8 Å². The lowest BCUT2D eigenvalue weighted by molar-refractivity contribution is -0.152. The topological polar surface area (TPSA) is 52.3 Å². The number of thioether (sulfide) groups is 1. The van der Waals surface area contributed by atoms with Crippen molar-refractivity contribution in [3.63, 3.8) is 0 Å². The first-order chi connectivity index (χ1) is 11.5. The molecule has 1 aliphatic carbocycles. The Morgan fingerprint density at radius 2 is 2.17 bits per heavy atom. The van der Waals surface area contributed by atoms with Crippen molar-refractivity contribution in [2.75, 3.05) is 5.75 Å². The molecule has 4 nitrogen and oxygen atoms in total. The average molecular weight is 347 g/mol. The molecule has 0 bridgehead atoms. The molecule has 1 heterocycles. The van der Waals surface area contributed by atoms with E-state index in [9.17, 15) is 4.79 Å². The van der Waals surface area contributed by atoms with Gasteiger partial charge in [-0.3, -0.25) is 4.79 Å². The Kier molecular flexibility index (Phi) is 5.49. The van der Waals surface area contributed by atoms with Gasteiger partial charge in [-0.15, -0.1) is 0 Å². The van der Waals surface area contributed by atoms with Crippen molar-refractivity contribution in [3.05, 3.63) is 24.3 Å². The van der Waals surface area contributed by atoms with Crippen LogP contribution in [0.25, 0.3) is 11.1 Å². The Morgan fingerprint density at radius 1 is 1.38 bits per heavy atom. The summed E-state index contributed by atoms with van der Waals surface area (Å²) in [5, 5.41) is 0.519. The predicted molar refractivity (Wildman–Crippen MR) is 96.0 cm³/mol. The van der Waals surface area contributed by atoms with E-state index >= 15 is 0 Å². The standard InChI is InChI=1S/C19H25NO3S/c1-12(2)14-9-8-13(3)10-17(14)22-18(21)11-24-19-20-15-6-4-5-7-16(15)23-19/h4-7,12-14,17H,8-11H2,1-3H3. The van der Waals surface area contributed by atoms with Gasteiger partial charge in [0, 0.05) is 0 Å². The van der Waals surface area contributed by atoms with Gasteiger partial charge in [0.2, 0.25) is 0 Å². The smallest absolute Gasteiger partial charge is 0.316 e. The third-order valence-corrected chi connectivity index (χ3v) is 5.63. The second-order valence-corrected chi connectivity index (χ2v) is 8.02. The largest absolute Gasteiger partial charge is 0.461 e. The lowest BCUT2D eigenvalue weighted by atomic mass is 9.75. The number of aromatic nitrogens is 1. The van der Waals surface area contributed by atoms with Crippen LogP contribution in [0.3, 0.4) is 0 Å². The van der Waals surface area contributed by atoms with Crippen molar-refractivity contribution in [1.82, 2.24) is 4.98 Å². The highest BCUT2D eigenvalue weighted by Gasteiger charge is 2.33. The number of hydrogen-bond acceptors (Lipinski definition) is 5. The van der Waals surface area contributed by atoms with Crippen molar-refractivity contribution in [2.24, 2.45) is 17.8 Å². The quantitative estimate of drug-likeness (QED) is 0.567. The molecule has 0 aliphatic heterocycles. The second-order valence-electron chi connectivity index (χ2n) is 7.09. The summed E-state index contributed by atoms with van der Waals surface area (Å²) in [6, 6.07) is 7.61. The van der Waals surface area contributed by atoms with E-state index in [1.807, 2.05) is 24.3 Å². The molecule has 1 aromatic heterocycles. The van der Waals surface area contributed by atoms with E-state index in [0.717, 1.165) is 23.9 Å². The molecule has 0 spiro atoms. The van der Waals surface area contributed by atoms with Crippen LogP contribution < -0.4 is 0 Å². The summed E-state index contributed by atoms with van der Waals surface area (Å²) in [6.07, 6.45) is 3.40. The second kappa shape index (κ2) is 7.60. The number of nitrogens with zero attached hydrogens (tertiary/aromatic N) is 1. The number of esters is 1. The zero-order valence-electron chi connectivity index (χ0n) is 14.5. The lowest BCUT2D eigenvalue weighted by Gasteiger charge is -2.36. The number of ether oxygens (including phenoxy) is 1. The maximum Gasteiger partial charge on any atom is 0.316 e. The van der Waals surface area contributed by atoms with Gasteiger partial charge in [0.15, 0.2) is 5.58 Å². The Morgan fingerprint density at radius 3 is 2.92 bits per heavy atom. The molecule has 0 amide bonds. The van der Waals surface area contributed by atoms with Gasteiger partial charge >= 0.3 is 5.97 Å². The molecule has 0 saturated heterocycles. The van der Waals surface area contributed by atoms with Gasteiger partial charge in [0.1, 0.15) is 17.4 Å². The summed E-state index contributed by atoms with van der Waals surface area (Å²) in [7, 11) is 0. The molecule has 3 atom stereocenters. The van der Waals surface area contributed by atoms with Crippen LogP contribution in [0.4, 0.5) is 0 Å². The highest BCUT2D eigenvalue weighted by molar-refractivity contribution is 7.99. The van der Waals surface area contributed by atoms with E-state index in [1.165, 1.54) is 18.2 Å². The molecule has 0 radical (unpaired) electrons. The van der Waals surface area contributed by atoms with Crippen LogP contribution in [-0.2, 0) is 9.53 Å². The number of benzene rings is 1. The highest BCUT2D eigenvalue weighted by Crippen LogP contribution is 2.35. The minimum Gasteiger partial charge on any atom is -0.461 e. The van der Waals surface area contributed by atoms with Gasteiger partial charge in [-0.1, -0.05) is 51.1 Å². The molecule has 1 aliphatic rings. The summed E-state index contributed by atoms with van der Waals surface area (Å²) < 4.78 is 11.4. The van der Waals surface area contributed by atoms with E-state index in [4.69, 9.17) is 9.15 Å². The summed E-state index contributed by atoms with van der Waals surface area (Å²) in [5.74, 6) is 1.71. The first kappa shape index (κ1) is 17.3. The number of para-hydroxylation sites is 2. The van der Waals surface area contributed by atoms with Crippen LogP contribution in [0.2, 0.25) is 0 Å². The summed E-state index contributed by atoms with van der Waals surface area (Å²) in [5.41, 5.74) is 1.56. The van der Waals surface area contributed by atoms with Crippen LogP contribution >= 0.6 is 11.8 Å². The van der Waals surface area contributed by atoms with Crippen LogP contribution in [0.5, 0.6) is 0 Å². The average Bonchev–Trinajstić information content (AvgIpc) is 2.95. The molecule has 3 rings (SSSR count). The molecule has 24 heavy (non-hydrogen) atoms. The zero-order chi connectivity index (χ0) is 17.1. The molecule has 1 saturated carbocycles. The van der Waals surface area contributed by atoms with Crippen LogP contribution in [0.1, 0.15) is 40.0 Å². The zero-order valence-corrected chi connectivity index (χ0v) is 15.3. The van der Waals surface area contributed by atoms with E-state index in [-0.39, 0.29) is 17.8 Å². The Bertz CT molecular complexity index is 664. The fourth-order valence-corrected chi connectivity index (χ4v) is 4.11. The SMILES string of the molecule is CC1CCC(C(C)C)C(OC(=O)CSc2nc3ccccc3o2)C1. The molecule has 5 heteroatoms. The lowest BCUT2D eigenvalue weighted by Crippen LogP contribution is -2.36. The minimum atomic E-state index is -0.174. The molecule has 1 fully saturated rings. The number of rotatable bonds is 5. The fraction of sp³-hybridized carbons (Fsp3) is 0.579. The molecule has 0 N–H and O–H groups in total. The van der Waals surface area contributed by atoms with Crippen LogP contribution in [-0.4, -0.2) is 22.8 Å². The van der Waals surface area contributed by atoms with Crippen molar-refractivity contribution in [3.8, 4) is 0 Å². The Balaban J connectivity index is 1.56. The van der Waals surface area contributed by atoms with Gasteiger partial charge in [-0.2, -0.15) is 0 Å². The third-order valence-electron chi connectivity index (χ3n) is 4.83. The van der Waals surface area contributed by atoms with Gasteiger partial charge in [-0.25, -0.2) is 4.98 Å². The molecule has 3 unspecified atom stereocenters. The fourth-order valence-electron chi connectivity index (χ4n) is 3.49. The van der Waals surface area contributed by atoms with E-state index in [1.54, 1.807) is 0 Å². The van der Waals surface area contributed by atoms with Gasteiger partial charge in [0.25, 0.3) is 5.22 Å².